The zero-order chi connectivity index (χ0) is 21.5. The van der Waals surface area contributed by atoms with E-state index in [-0.39, 0.29) is 24.5 Å². The Kier molecular flexibility index (Phi) is 4.39. The van der Waals surface area contributed by atoms with Crippen LogP contribution in [0.4, 0.5) is 17.1 Å². The summed E-state index contributed by atoms with van der Waals surface area (Å²) in [6, 6.07) is 17.9. The molecule has 2 aliphatic rings. The number of rotatable bonds is 4. The molecule has 154 valence electrons. The number of carbonyl (C=O) groups excluding carboxylic acids is 2. The predicted octanol–water partition coefficient (Wildman–Crippen LogP) is 3.53. The number of carbonyl (C=O) groups is 2. The highest BCUT2D eigenvalue weighted by Crippen LogP contribution is 2.38. The molecule has 0 fully saturated rings. The van der Waals surface area contributed by atoms with Gasteiger partial charge in [0.1, 0.15) is 12.3 Å². The van der Waals surface area contributed by atoms with Crippen molar-refractivity contribution in [3.05, 3.63) is 81.9 Å². The standard InChI is InChI=1S/C23H17N3O5/c27-22(12-25-20-11-17(26(29)30)6-8-21(20)31-13-23(25)28)24-16-5-7-19-15(10-16)9-14-3-1-2-4-18(14)19/h1-8,10-11H,9,12-13H2,(H,24,27). The van der Waals surface area contributed by atoms with Crippen LogP contribution in [0.3, 0.4) is 0 Å². The Labute approximate surface area is 177 Å². The second kappa shape index (κ2) is 7.24. The van der Waals surface area contributed by atoms with Gasteiger partial charge in [-0.05, 0) is 46.9 Å². The largest absolute Gasteiger partial charge is 0.482 e. The summed E-state index contributed by atoms with van der Waals surface area (Å²) in [5, 5.41) is 13.9. The smallest absolute Gasteiger partial charge is 0.271 e. The molecule has 0 saturated heterocycles. The molecule has 0 radical (unpaired) electrons. The highest BCUT2D eigenvalue weighted by Gasteiger charge is 2.29. The fourth-order valence-electron chi connectivity index (χ4n) is 4.04. The van der Waals surface area contributed by atoms with E-state index in [1.54, 1.807) is 0 Å². The Hall–Kier alpha value is -4.20. The number of nitro groups is 1. The SMILES string of the molecule is O=C(CN1C(=O)COc2ccc([N+](=O)[O-])cc21)Nc1ccc2c(c1)Cc1ccccc1-2. The lowest BCUT2D eigenvalue weighted by molar-refractivity contribution is -0.384. The van der Waals surface area contributed by atoms with Crippen molar-refractivity contribution in [3.63, 3.8) is 0 Å². The van der Waals surface area contributed by atoms with Crippen LogP contribution >= 0.6 is 0 Å². The van der Waals surface area contributed by atoms with Crippen molar-refractivity contribution in [2.45, 2.75) is 6.42 Å². The second-order valence-corrected chi connectivity index (χ2v) is 7.43. The lowest BCUT2D eigenvalue weighted by Crippen LogP contribution is -2.43. The second-order valence-electron chi connectivity index (χ2n) is 7.43. The van der Waals surface area contributed by atoms with Gasteiger partial charge < -0.3 is 10.1 Å². The van der Waals surface area contributed by atoms with E-state index in [0.717, 1.165) is 17.5 Å². The molecule has 0 aromatic heterocycles. The van der Waals surface area contributed by atoms with Crippen LogP contribution < -0.4 is 15.0 Å². The third-order valence-electron chi connectivity index (χ3n) is 5.48. The molecule has 8 heteroatoms. The molecule has 3 aromatic carbocycles. The van der Waals surface area contributed by atoms with Gasteiger partial charge in [0, 0.05) is 17.8 Å². The maximum atomic E-state index is 12.7. The van der Waals surface area contributed by atoms with Crippen LogP contribution in [0.2, 0.25) is 0 Å². The number of nitro benzene ring substituents is 1. The lowest BCUT2D eigenvalue weighted by Gasteiger charge is -2.28. The molecule has 0 spiro atoms. The first kappa shape index (κ1) is 18.8. The van der Waals surface area contributed by atoms with Crippen molar-refractivity contribution in [2.75, 3.05) is 23.4 Å². The molecule has 2 amide bonds. The maximum absolute atomic E-state index is 12.7. The zero-order valence-corrected chi connectivity index (χ0v) is 16.3. The molecule has 1 N–H and O–H groups in total. The molecular weight excluding hydrogens is 398 g/mol. The van der Waals surface area contributed by atoms with Gasteiger partial charge >= 0.3 is 0 Å². The molecule has 0 saturated carbocycles. The van der Waals surface area contributed by atoms with Crippen molar-refractivity contribution in [1.82, 2.24) is 0 Å². The van der Waals surface area contributed by atoms with Gasteiger partial charge in [-0.2, -0.15) is 0 Å². The molecule has 1 aliphatic heterocycles. The van der Waals surface area contributed by atoms with Gasteiger partial charge in [0.2, 0.25) is 5.91 Å². The number of hydrogen-bond acceptors (Lipinski definition) is 5. The quantitative estimate of drug-likeness (QED) is 0.406. The van der Waals surface area contributed by atoms with Crippen molar-refractivity contribution < 1.29 is 19.2 Å². The lowest BCUT2D eigenvalue weighted by atomic mass is 10.1. The summed E-state index contributed by atoms with van der Waals surface area (Å²) in [5.41, 5.74) is 5.40. The molecule has 1 heterocycles. The molecule has 0 unspecified atom stereocenters. The van der Waals surface area contributed by atoms with E-state index in [1.165, 1.54) is 34.2 Å². The van der Waals surface area contributed by atoms with Crippen LogP contribution in [-0.2, 0) is 16.0 Å². The number of amides is 2. The van der Waals surface area contributed by atoms with Crippen LogP contribution in [0.25, 0.3) is 11.1 Å². The highest BCUT2D eigenvalue weighted by atomic mass is 16.6. The van der Waals surface area contributed by atoms with Crippen LogP contribution in [0.15, 0.2) is 60.7 Å². The number of hydrogen-bond donors (Lipinski definition) is 1. The summed E-state index contributed by atoms with van der Waals surface area (Å²) in [7, 11) is 0. The van der Waals surface area contributed by atoms with Crippen molar-refractivity contribution >= 4 is 28.9 Å². The summed E-state index contributed by atoms with van der Waals surface area (Å²) in [6.07, 6.45) is 0.800. The Balaban J connectivity index is 1.35. The Morgan fingerprint density at radius 3 is 2.71 bits per heavy atom. The van der Waals surface area contributed by atoms with Gasteiger partial charge in [-0.3, -0.25) is 24.6 Å². The Bertz CT molecular complexity index is 1250. The van der Waals surface area contributed by atoms with E-state index in [1.807, 2.05) is 30.3 Å². The molecule has 31 heavy (non-hydrogen) atoms. The van der Waals surface area contributed by atoms with Gasteiger partial charge in [0.05, 0.1) is 10.6 Å². The van der Waals surface area contributed by atoms with Gasteiger partial charge in [0.15, 0.2) is 6.61 Å². The van der Waals surface area contributed by atoms with E-state index in [4.69, 9.17) is 4.74 Å². The number of nitrogens with one attached hydrogen (secondary N) is 1. The van der Waals surface area contributed by atoms with E-state index >= 15 is 0 Å². The van der Waals surface area contributed by atoms with Crippen molar-refractivity contribution in [3.8, 4) is 16.9 Å². The molecule has 5 rings (SSSR count). The average Bonchev–Trinajstić information content (AvgIpc) is 3.13. The Morgan fingerprint density at radius 2 is 1.87 bits per heavy atom. The fraction of sp³-hybridized carbons (Fsp3) is 0.130. The predicted molar refractivity (Wildman–Crippen MR) is 114 cm³/mol. The van der Waals surface area contributed by atoms with E-state index in [2.05, 4.69) is 17.4 Å². The van der Waals surface area contributed by atoms with Gasteiger partial charge in [-0.25, -0.2) is 0 Å². The van der Waals surface area contributed by atoms with Gasteiger partial charge in [-0.1, -0.05) is 30.3 Å². The maximum Gasteiger partial charge on any atom is 0.271 e. The first-order chi connectivity index (χ1) is 15.0. The zero-order valence-electron chi connectivity index (χ0n) is 16.3. The minimum atomic E-state index is -0.555. The topological polar surface area (TPSA) is 102 Å². The number of anilines is 2. The molecule has 0 atom stereocenters. The molecule has 3 aromatic rings. The summed E-state index contributed by atoms with van der Waals surface area (Å²) in [6.45, 7) is -0.497. The van der Waals surface area contributed by atoms with Crippen molar-refractivity contribution in [1.29, 1.82) is 0 Å². The van der Waals surface area contributed by atoms with E-state index < -0.39 is 16.7 Å². The van der Waals surface area contributed by atoms with Crippen LogP contribution in [0.1, 0.15) is 11.1 Å². The van der Waals surface area contributed by atoms with Crippen molar-refractivity contribution in [2.24, 2.45) is 0 Å². The average molecular weight is 415 g/mol. The van der Waals surface area contributed by atoms with Gasteiger partial charge in [-0.15, -0.1) is 0 Å². The molecule has 1 aliphatic carbocycles. The van der Waals surface area contributed by atoms with E-state index in [9.17, 15) is 19.7 Å². The van der Waals surface area contributed by atoms with Gasteiger partial charge in [0.25, 0.3) is 11.6 Å². The van der Waals surface area contributed by atoms with Crippen LogP contribution in [0, 0.1) is 10.1 Å². The number of fused-ring (bicyclic) bond motifs is 4. The summed E-state index contributed by atoms with van der Waals surface area (Å²) >= 11 is 0. The minimum absolute atomic E-state index is 0.180. The third-order valence-corrected chi connectivity index (χ3v) is 5.48. The Morgan fingerprint density at radius 1 is 1.06 bits per heavy atom. The number of non-ortho nitro benzene ring substituents is 1. The van der Waals surface area contributed by atoms with Crippen LogP contribution in [-0.4, -0.2) is 29.9 Å². The van der Waals surface area contributed by atoms with E-state index in [0.29, 0.717) is 11.4 Å². The highest BCUT2D eigenvalue weighted by molar-refractivity contribution is 6.05. The summed E-state index contributed by atoms with van der Waals surface area (Å²) in [5.74, 6) is -0.510. The first-order valence-corrected chi connectivity index (χ1v) is 9.72. The number of benzene rings is 3. The summed E-state index contributed by atoms with van der Waals surface area (Å²) in [4.78, 5) is 36.8. The number of ether oxygens (including phenoxy) is 1. The summed E-state index contributed by atoms with van der Waals surface area (Å²) < 4.78 is 5.34. The molecule has 8 nitrogen and oxygen atoms in total. The monoisotopic (exact) mass is 415 g/mol. The normalized spacial score (nSPS) is 13.7. The number of nitrogens with zero attached hydrogens (tertiary/aromatic N) is 2. The third kappa shape index (κ3) is 3.38. The van der Waals surface area contributed by atoms with Crippen LogP contribution in [0.5, 0.6) is 5.75 Å². The first-order valence-electron chi connectivity index (χ1n) is 9.72. The molecule has 0 bridgehead atoms. The fourth-order valence-corrected chi connectivity index (χ4v) is 4.04. The minimum Gasteiger partial charge on any atom is -0.482 e. The molecular formula is C23H17N3O5.